The van der Waals surface area contributed by atoms with E-state index >= 15 is 0 Å². The highest BCUT2D eigenvalue weighted by Crippen LogP contribution is 2.13. The lowest BCUT2D eigenvalue weighted by Crippen LogP contribution is -2.35. The molecule has 124 valence electrons. The fourth-order valence-electron chi connectivity index (χ4n) is 1.02. The monoisotopic (exact) mass is 322 g/mol. The SMILES string of the molecule is C[C@H](N)CNC(=O)OCc1ccccc1.O=C(O)C(F)(F)F. The highest BCUT2D eigenvalue weighted by Gasteiger charge is 2.38. The first-order valence-electron chi connectivity index (χ1n) is 6.13. The molecule has 0 radical (unpaired) electrons. The lowest BCUT2D eigenvalue weighted by Gasteiger charge is -2.08. The van der Waals surface area contributed by atoms with Crippen molar-refractivity contribution in [1.29, 1.82) is 0 Å². The first-order valence-corrected chi connectivity index (χ1v) is 6.13. The van der Waals surface area contributed by atoms with Gasteiger partial charge in [-0.3, -0.25) is 0 Å². The van der Waals surface area contributed by atoms with Crippen molar-refractivity contribution in [2.24, 2.45) is 5.73 Å². The van der Waals surface area contributed by atoms with Gasteiger partial charge in [0.05, 0.1) is 0 Å². The number of nitrogens with one attached hydrogen (secondary N) is 1. The largest absolute Gasteiger partial charge is 0.490 e. The van der Waals surface area contributed by atoms with Crippen LogP contribution in [0.2, 0.25) is 0 Å². The number of amides is 1. The second-order valence-corrected chi connectivity index (χ2v) is 4.22. The third kappa shape index (κ3) is 10.5. The minimum atomic E-state index is -5.08. The predicted molar refractivity (Wildman–Crippen MR) is 72.0 cm³/mol. The molecule has 0 fully saturated rings. The van der Waals surface area contributed by atoms with Gasteiger partial charge in [-0.1, -0.05) is 30.3 Å². The molecular weight excluding hydrogens is 305 g/mol. The summed E-state index contributed by atoms with van der Waals surface area (Å²) in [6.07, 6.45) is -5.52. The fourth-order valence-corrected chi connectivity index (χ4v) is 1.02. The van der Waals surface area contributed by atoms with Crippen LogP contribution in [0.3, 0.4) is 0 Å². The molecule has 0 saturated heterocycles. The average molecular weight is 322 g/mol. The van der Waals surface area contributed by atoms with E-state index in [4.69, 9.17) is 20.4 Å². The summed E-state index contributed by atoms with van der Waals surface area (Å²) >= 11 is 0. The molecule has 1 aromatic rings. The molecule has 1 aromatic carbocycles. The van der Waals surface area contributed by atoms with E-state index in [9.17, 15) is 18.0 Å². The molecule has 0 unspecified atom stereocenters. The summed E-state index contributed by atoms with van der Waals surface area (Å²) in [6.45, 7) is 2.52. The summed E-state index contributed by atoms with van der Waals surface area (Å²) < 4.78 is 36.7. The van der Waals surface area contributed by atoms with Gasteiger partial charge in [0.1, 0.15) is 6.61 Å². The molecule has 1 atom stereocenters. The Balaban J connectivity index is 0.000000534. The maximum absolute atomic E-state index is 11.1. The Morgan fingerprint density at radius 2 is 1.82 bits per heavy atom. The first-order chi connectivity index (χ1) is 10.1. The number of ether oxygens (including phenoxy) is 1. The summed E-state index contributed by atoms with van der Waals surface area (Å²) in [6, 6.07) is 9.46. The Bertz CT molecular complexity index is 464. The van der Waals surface area contributed by atoms with Crippen molar-refractivity contribution < 1.29 is 32.6 Å². The van der Waals surface area contributed by atoms with E-state index in [0.29, 0.717) is 6.54 Å². The second-order valence-electron chi connectivity index (χ2n) is 4.22. The summed E-state index contributed by atoms with van der Waals surface area (Å²) in [5, 5.41) is 9.69. The Labute approximate surface area is 125 Å². The summed E-state index contributed by atoms with van der Waals surface area (Å²) in [4.78, 5) is 20.0. The Morgan fingerprint density at radius 3 is 2.23 bits per heavy atom. The van der Waals surface area contributed by atoms with Crippen LogP contribution in [-0.2, 0) is 16.1 Å². The molecule has 0 aliphatic carbocycles. The number of alkyl halides is 3. The topological polar surface area (TPSA) is 102 Å². The number of carboxylic acid groups (broad SMARTS) is 1. The molecule has 0 spiro atoms. The smallest absolute Gasteiger partial charge is 0.475 e. The Hall–Kier alpha value is -2.29. The van der Waals surface area contributed by atoms with Crippen molar-refractivity contribution in [3.8, 4) is 0 Å². The van der Waals surface area contributed by atoms with Gasteiger partial charge in [-0.2, -0.15) is 13.2 Å². The van der Waals surface area contributed by atoms with Crippen molar-refractivity contribution in [2.45, 2.75) is 25.7 Å². The van der Waals surface area contributed by atoms with Crippen LogP contribution in [0.1, 0.15) is 12.5 Å². The molecule has 1 rings (SSSR count). The van der Waals surface area contributed by atoms with Crippen LogP contribution < -0.4 is 11.1 Å². The number of aliphatic carboxylic acids is 1. The minimum absolute atomic E-state index is 0.0609. The maximum Gasteiger partial charge on any atom is 0.490 e. The van der Waals surface area contributed by atoms with E-state index in [1.54, 1.807) is 0 Å². The van der Waals surface area contributed by atoms with Crippen LogP contribution in [0.5, 0.6) is 0 Å². The number of hydrogen-bond donors (Lipinski definition) is 3. The molecule has 4 N–H and O–H groups in total. The molecule has 6 nitrogen and oxygen atoms in total. The lowest BCUT2D eigenvalue weighted by molar-refractivity contribution is -0.192. The summed E-state index contributed by atoms with van der Waals surface area (Å²) in [5.41, 5.74) is 6.44. The number of alkyl carbamates (subject to hydrolysis) is 1. The van der Waals surface area contributed by atoms with E-state index in [1.165, 1.54) is 0 Å². The van der Waals surface area contributed by atoms with Crippen LogP contribution in [0.4, 0.5) is 18.0 Å². The number of carboxylic acids is 1. The van der Waals surface area contributed by atoms with Gasteiger partial charge in [-0.05, 0) is 12.5 Å². The molecule has 0 aliphatic rings. The van der Waals surface area contributed by atoms with Gasteiger partial charge in [0.25, 0.3) is 0 Å². The number of hydrogen-bond acceptors (Lipinski definition) is 4. The Kier molecular flexibility index (Phi) is 8.61. The molecule has 0 aromatic heterocycles. The van der Waals surface area contributed by atoms with E-state index in [1.807, 2.05) is 37.3 Å². The van der Waals surface area contributed by atoms with Crippen molar-refractivity contribution in [2.75, 3.05) is 6.54 Å². The zero-order chi connectivity index (χ0) is 17.2. The number of carbonyl (C=O) groups excluding carboxylic acids is 1. The highest BCUT2D eigenvalue weighted by molar-refractivity contribution is 5.73. The first kappa shape index (κ1) is 19.7. The zero-order valence-electron chi connectivity index (χ0n) is 11.8. The standard InChI is InChI=1S/C11H16N2O2.C2HF3O2/c1-9(12)7-13-11(14)15-8-10-5-3-2-4-6-10;3-2(4,5)1(6)7/h2-6,9H,7-8,12H2,1H3,(H,13,14);(H,6,7)/t9-;/m0./s1. The van der Waals surface area contributed by atoms with Gasteiger partial charge < -0.3 is 20.9 Å². The quantitative estimate of drug-likeness (QED) is 0.786. The third-order valence-electron chi connectivity index (χ3n) is 2.02. The van der Waals surface area contributed by atoms with E-state index < -0.39 is 18.2 Å². The van der Waals surface area contributed by atoms with E-state index in [2.05, 4.69) is 5.32 Å². The van der Waals surface area contributed by atoms with Crippen molar-refractivity contribution in [3.63, 3.8) is 0 Å². The van der Waals surface area contributed by atoms with Gasteiger partial charge in [-0.25, -0.2) is 9.59 Å². The number of carbonyl (C=O) groups is 2. The van der Waals surface area contributed by atoms with Crippen LogP contribution in [0.25, 0.3) is 0 Å². The lowest BCUT2D eigenvalue weighted by atomic mass is 10.2. The van der Waals surface area contributed by atoms with Crippen LogP contribution in [0.15, 0.2) is 30.3 Å². The molecule has 0 saturated carbocycles. The van der Waals surface area contributed by atoms with Gasteiger partial charge >= 0.3 is 18.2 Å². The van der Waals surface area contributed by atoms with Crippen LogP contribution >= 0.6 is 0 Å². The molecule has 0 aliphatic heterocycles. The number of rotatable bonds is 4. The van der Waals surface area contributed by atoms with Crippen molar-refractivity contribution in [1.82, 2.24) is 5.32 Å². The summed E-state index contributed by atoms with van der Waals surface area (Å²) in [7, 11) is 0. The van der Waals surface area contributed by atoms with Gasteiger partial charge in [0, 0.05) is 12.6 Å². The van der Waals surface area contributed by atoms with Crippen molar-refractivity contribution in [3.05, 3.63) is 35.9 Å². The minimum Gasteiger partial charge on any atom is -0.475 e. The van der Waals surface area contributed by atoms with E-state index in [0.717, 1.165) is 5.56 Å². The predicted octanol–water partition coefficient (Wildman–Crippen LogP) is 1.89. The number of halogens is 3. The molecule has 22 heavy (non-hydrogen) atoms. The molecule has 9 heteroatoms. The van der Waals surface area contributed by atoms with Crippen molar-refractivity contribution >= 4 is 12.1 Å². The third-order valence-corrected chi connectivity index (χ3v) is 2.02. The van der Waals surface area contributed by atoms with Crippen LogP contribution in [-0.4, -0.2) is 35.9 Å². The molecular formula is C13H17F3N2O4. The average Bonchev–Trinajstić information content (AvgIpc) is 2.43. The fraction of sp³-hybridized carbons (Fsp3) is 0.385. The number of nitrogens with two attached hydrogens (primary N) is 1. The summed E-state index contributed by atoms with van der Waals surface area (Å²) in [5.74, 6) is -2.76. The molecule has 0 bridgehead atoms. The Morgan fingerprint density at radius 1 is 1.32 bits per heavy atom. The van der Waals surface area contributed by atoms with Crippen LogP contribution in [0, 0.1) is 0 Å². The van der Waals surface area contributed by atoms with Gasteiger partial charge in [-0.15, -0.1) is 0 Å². The van der Waals surface area contributed by atoms with Gasteiger partial charge in [0.15, 0.2) is 0 Å². The second kappa shape index (κ2) is 9.61. The van der Waals surface area contributed by atoms with Gasteiger partial charge in [0.2, 0.25) is 0 Å². The highest BCUT2D eigenvalue weighted by atomic mass is 19.4. The molecule has 1 amide bonds. The molecule has 0 heterocycles. The van der Waals surface area contributed by atoms with E-state index in [-0.39, 0.29) is 12.6 Å². The maximum atomic E-state index is 11.1. The normalized spacial score (nSPS) is 11.7. The zero-order valence-corrected chi connectivity index (χ0v) is 11.8. The number of benzene rings is 1.